The lowest BCUT2D eigenvalue weighted by Crippen LogP contribution is -2.27. The van der Waals surface area contributed by atoms with Gasteiger partial charge in [0.25, 0.3) is 0 Å². The predicted octanol–water partition coefficient (Wildman–Crippen LogP) is 3.38. The van der Waals surface area contributed by atoms with E-state index < -0.39 is 0 Å². The number of hydrogen-bond donors (Lipinski definition) is 2. The van der Waals surface area contributed by atoms with Crippen molar-refractivity contribution < 1.29 is 5.11 Å². The molecule has 2 N–H and O–H groups in total. The molecular formula is C16H27NO. The Balaban J connectivity index is 2.41. The summed E-state index contributed by atoms with van der Waals surface area (Å²) in [6.07, 6.45) is 2.07. The topological polar surface area (TPSA) is 32.3 Å². The highest BCUT2D eigenvalue weighted by Gasteiger charge is 2.12. The molecule has 0 aliphatic heterocycles. The van der Waals surface area contributed by atoms with Gasteiger partial charge in [0.2, 0.25) is 0 Å². The monoisotopic (exact) mass is 249 g/mol. The minimum Gasteiger partial charge on any atom is -0.396 e. The van der Waals surface area contributed by atoms with E-state index in [-0.39, 0.29) is 0 Å². The number of hydrogen-bond acceptors (Lipinski definition) is 2. The summed E-state index contributed by atoms with van der Waals surface area (Å²) in [7, 11) is 0. The van der Waals surface area contributed by atoms with Crippen LogP contribution in [0.1, 0.15) is 45.2 Å². The molecule has 18 heavy (non-hydrogen) atoms. The molecule has 2 nitrogen and oxygen atoms in total. The van der Waals surface area contributed by atoms with E-state index in [1.54, 1.807) is 0 Å². The normalized spacial score (nSPS) is 14.7. The van der Waals surface area contributed by atoms with Gasteiger partial charge in [0.05, 0.1) is 0 Å². The second kappa shape index (κ2) is 8.28. The van der Waals surface area contributed by atoms with Crippen molar-refractivity contribution in [2.75, 3.05) is 13.2 Å². The summed E-state index contributed by atoms with van der Waals surface area (Å²) in [5.74, 6) is 1.26. The Morgan fingerprint density at radius 1 is 1.11 bits per heavy atom. The quantitative estimate of drug-likeness (QED) is 0.740. The predicted molar refractivity (Wildman–Crippen MR) is 77.5 cm³/mol. The molecule has 0 radical (unpaired) electrons. The van der Waals surface area contributed by atoms with Gasteiger partial charge in [-0.25, -0.2) is 0 Å². The fourth-order valence-electron chi connectivity index (χ4n) is 2.36. The van der Waals surface area contributed by atoms with Crippen molar-refractivity contribution in [1.29, 1.82) is 0 Å². The molecule has 0 bridgehead atoms. The molecule has 1 aromatic carbocycles. The first kappa shape index (κ1) is 15.2. The molecule has 0 aromatic heterocycles. The molecule has 2 unspecified atom stereocenters. The van der Waals surface area contributed by atoms with E-state index in [2.05, 4.69) is 50.4 Å². The first-order valence-electron chi connectivity index (χ1n) is 7.02. The Kier molecular flexibility index (Phi) is 6.99. The lowest BCUT2D eigenvalue weighted by molar-refractivity contribution is 0.237. The van der Waals surface area contributed by atoms with E-state index in [1.807, 2.05) is 6.07 Å². The van der Waals surface area contributed by atoms with Gasteiger partial charge in [-0.3, -0.25) is 0 Å². The van der Waals surface area contributed by atoms with Gasteiger partial charge in [0.1, 0.15) is 0 Å². The van der Waals surface area contributed by atoms with Crippen molar-refractivity contribution >= 4 is 0 Å². The molecular weight excluding hydrogens is 222 g/mol. The summed E-state index contributed by atoms with van der Waals surface area (Å²) in [6, 6.07) is 10.9. The Labute approximate surface area is 111 Å². The maximum atomic E-state index is 9.10. The van der Waals surface area contributed by atoms with Crippen LogP contribution in [0.5, 0.6) is 0 Å². The second-order valence-electron chi connectivity index (χ2n) is 5.55. The third kappa shape index (κ3) is 5.65. The van der Waals surface area contributed by atoms with Crippen LogP contribution in [0.2, 0.25) is 0 Å². The average Bonchev–Trinajstić information content (AvgIpc) is 2.36. The first-order valence-corrected chi connectivity index (χ1v) is 7.02. The van der Waals surface area contributed by atoms with Gasteiger partial charge < -0.3 is 10.4 Å². The van der Waals surface area contributed by atoms with E-state index in [0.29, 0.717) is 24.5 Å². The lowest BCUT2D eigenvalue weighted by Gasteiger charge is -2.22. The zero-order chi connectivity index (χ0) is 13.4. The summed E-state index contributed by atoms with van der Waals surface area (Å²) < 4.78 is 0. The zero-order valence-electron chi connectivity index (χ0n) is 11.9. The summed E-state index contributed by atoms with van der Waals surface area (Å²) in [6.45, 7) is 7.95. The van der Waals surface area contributed by atoms with Crippen molar-refractivity contribution in [2.24, 2.45) is 11.8 Å². The smallest absolute Gasteiger partial charge is 0.0434 e. The summed E-state index contributed by atoms with van der Waals surface area (Å²) in [5.41, 5.74) is 1.32. The summed E-state index contributed by atoms with van der Waals surface area (Å²) in [5, 5.41) is 12.7. The highest BCUT2D eigenvalue weighted by atomic mass is 16.3. The van der Waals surface area contributed by atoms with E-state index in [9.17, 15) is 0 Å². The van der Waals surface area contributed by atoms with Crippen LogP contribution in [-0.4, -0.2) is 18.3 Å². The Morgan fingerprint density at radius 3 is 2.33 bits per heavy atom. The second-order valence-corrected chi connectivity index (χ2v) is 5.55. The Bertz CT molecular complexity index is 310. The first-order chi connectivity index (χ1) is 8.63. The van der Waals surface area contributed by atoms with Crippen molar-refractivity contribution in [3.63, 3.8) is 0 Å². The third-order valence-corrected chi connectivity index (χ3v) is 3.35. The molecule has 0 saturated carbocycles. The largest absolute Gasteiger partial charge is 0.396 e. The molecule has 0 saturated heterocycles. The number of aliphatic hydroxyl groups excluding tert-OH is 1. The molecule has 0 heterocycles. The third-order valence-electron chi connectivity index (χ3n) is 3.35. The Morgan fingerprint density at radius 2 is 1.78 bits per heavy atom. The molecule has 1 aromatic rings. The number of benzene rings is 1. The molecule has 0 fully saturated rings. The molecule has 0 aliphatic rings. The van der Waals surface area contributed by atoms with E-state index >= 15 is 0 Å². The minimum absolute atomic E-state index is 0.290. The van der Waals surface area contributed by atoms with E-state index in [1.165, 1.54) is 12.0 Å². The van der Waals surface area contributed by atoms with E-state index in [4.69, 9.17) is 5.11 Å². The maximum Gasteiger partial charge on any atom is 0.0434 e. The van der Waals surface area contributed by atoms with Gasteiger partial charge in [0.15, 0.2) is 0 Å². The van der Waals surface area contributed by atoms with E-state index in [0.717, 1.165) is 13.0 Å². The average molecular weight is 249 g/mol. The standard InChI is InChI=1S/C16H27NO/c1-13(2)11-15(9-10-18)12-17-14(3)16-7-5-4-6-8-16/h4-8,13-15,17-18H,9-12H2,1-3H3. The molecule has 2 atom stereocenters. The van der Waals surface area contributed by atoms with Crippen LogP contribution in [-0.2, 0) is 0 Å². The maximum absolute atomic E-state index is 9.10. The van der Waals surface area contributed by atoms with Gasteiger partial charge in [-0.1, -0.05) is 44.2 Å². The molecule has 1 rings (SSSR count). The lowest BCUT2D eigenvalue weighted by atomic mass is 9.94. The summed E-state index contributed by atoms with van der Waals surface area (Å²) >= 11 is 0. The SMILES string of the molecule is CC(C)CC(CCO)CNC(C)c1ccccc1. The highest BCUT2D eigenvalue weighted by Crippen LogP contribution is 2.17. The van der Waals surface area contributed by atoms with Crippen molar-refractivity contribution in [1.82, 2.24) is 5.32 Å². The van der Waals surface area contributed by atoms with Crippen molar-refractivity contribution in [3.05, 3.63) is 35.9 Å². The zero-order valence-corrected chi connectivity index (χ0v) is 11.9. The number of aliphatic hydroxyl groups is 1. The van der Waals surface area contributed by atoms with Crippen molar-refractivity contribution in [2.45, 2.75) is 39.7 Å². The molecule has 0 spiro atoms. The highest BCUT2D eigenvalue weighted by molar-refractivity contribution is 5.17. The van der Waals surface area contributed by atoms with Gasteiger partial charge >= 0.3 is 0 Å². The Hall–Kier alpha value is -0.860. The van der Waals surface area contributed by atoms with Crippen LogP contribution in [0.4, 0.5) is 0 Å². The van der Waals surface area contributed by atoms with Crippen LogP contribution in [0, 0.1) is 11.8 Å². The number of nitrogens with one attached hydrogen (secondary N) is 1. The van der Waals surface area contributed by atoms with Gasteiger partial charge in [0, 0.05) is 12.6 Å². The molecule has 102 valence electrons. The minimum atomic E-state index is 0.290. The van der Waals surface area contributed by atoms with Crippen LogP contribution >= 0.6 is 0 Å². The van der Waals surface area contributed by atoms with Crippen LogP contribution in [0.25, 0.3) is 0 Å². The fourth-order valence-corrected chi connectivity index (χ4v) is 2.36. The fraction of sp³-hybridized carbons (Fsp3) is 0.625. The molecule has 0 aliphatic carbocycles. The van der Waals surface area contributed by atoms with Crippen molar-refractivity contribution in [3.8, 4) is 0 Å². The molecule has 2 heteroatoms. The van der Waals surface area contributed by atoms with Crippen LogP contribution in [0.3, 0.4) is 0 Å². The van der Waals surface area contributed by atoms with Gasteiger partial charge in [-0.15, -0.1) is 0 Å². The summed E-state index contributed by atoms with van der Waals surface area (Å²) in [4.78, 5) is 0. The van der Waals surface area contributed by atoms with Gasteiger partial charge in [-0.2, -0.15) is 0 Å². The number of rotatable bonds is 8. The van der Waals surface area contributed by atoms with Crippen LogP contribution in [0.15, 0.2) is 30.3 Å². The van der Waals surface area contributed by atoms with Gasteiger partial charge in [-0.05, 0) is 43.7 Å². The van der Waals surface area contributed by atoms with Crippen LogP contribution < -0.4 is 5.32 Å². The molecule has 0 amide bonds.